The molecular formula is C23H44N2O4. The Labute approximate surface area is 177 Å². The maximum atomic E-state index is 12.2. The maximum Gasteiger partial charge on any atom is 0.331 e. The van der Waals surface area contributed by atoms with Crippen LogP contribution < -0.4 is 11.5 Å². The van der Waals surface area contributed by atoms with E-state index in [4.69, 9.17) is 11.5 Å². The first-order valence-electron chi connectivity index (χ1n) is 11.7. The van der Waals surface area contributed by atoms with Crippen molar-refractivity contribution >= 4 is 17.7 Å². The zero-order valence-corrected chi connectivity index (χ0v) is 18.6. The standard InChI is InChI=1S/C23H44N2O4/c1-2-3-4-5-6-7-8-9-10-11-12-13-14-15-16-17-20(26)23(25,22(28)29)19-18-21(24)27/h2-19,25H2,1H3,(H2,24,27)(H,28,29). The minimum absolute atomic E-state index is 0.139. The van der Waals surface area contributed by atoms with Gasteiger partial charge in [0.1, 0.15) is 0 Å². The Bertz CT molecular complexity index is 468. The molecular weight excluding hydrogens is 368 g/mol. The summed E-state index contributed by atoms with van der Waals surface area (Å²) in [5.74, 6) is -2.55. The van der Waals surface area contributed by atoms with Crippen LogP contribution in [0.3, 0.4) is 0 Å². The number of Topliss-reactive ketones (excluding diaryl/α,β-unsaturated/α-hetero) is 1. The van der Waals surface area contributed by atoms with Gasteiger partial charge in [0, 0.05) is 12.8 Å². The Kier molecular flexibility index (Phi) is 16.6. The number of primary amides is 1. The van der Waals surface area contributed by atoms with Crippen molar-refractivity contribution in [3.05, 3.63) is 0 Å². The summed E-state index contributed by atoms with van der Waals surface area (Å²) < 4.78 is 0. The van der Waals surface area contributed by atoms with E-state index in [0.717, 1.165) is 19.3 Å². The van der Waals surface area contributed by atoms with Crippen molar-refractivity contribution in [2.24, 2.45) is 11.5 Å². The first-order valence-corrected chi connectivity index (χ1v) is 11.7. The van der Waals surface area contributed by atoms with Crippen molar-refractivity contribution in [2.75, 3.05) is 0 Å². The van der Waals surface area contributed by atoms with Crippen LogP contribution in [0.1, 0.15) is 122 Å². The Morgan fingerprint density at radius 3 is 1.41 bits per heavy atom. The summed E-state index contributed by atoms with van der Waals surface area (Å²) >= 11 is 0. The zero-order valence-electron chi connectivity index (χ0n) is 18.6. The van der Waals surface area contributed by atoms with Gasteiger partial charge in [0.15, 0.2) is 11.3 Å². The van der Waals surface area contributed by atoms with Crippen LogP contribution in [-0.4, -0.2) is 28.3 Å². The van der Waals surface area contributed by atoms with Crippen molar-refractivity contribution in [3.8, 4) is 0 Å². The van der Waals surface area contributed by atoms with Gasteiger partial charge >= 0.3 is 5.97 Å². The molecule has 0 radical (unpaired) electrons. The monoisotopic (exact) mass is 412 g/mol. The van der Waals surface area contributed by atoms with E-state index in [0.29, 0.717) is 6.42 Å². The quantitative estimate of drug-likeness (QED) is 0.183. The van der Waals surface area contributed by atoms with Gasteiger partial charge in [0.05, 0.1) is 0 Å². The van der Waals surface area contributed by atoms with Gasteiger partial charge < -0.3 is 16.6 Å². The van der Waals surface area contributed by atoms with Crippen LogP contribution in [0.15, 0.2) is 0 Å². The fourth-order valence-electron chi connectivity index (χ4n) is 3.57. The summed E-state index contributed by atoms with van der Waals surface area (Å²) in [5, 5.41) is 9.24. The molecule has 0 aliphatic heterocycles. The highest BCUT2D eigenvalue weighted by Crippen LogP contribution is 2.17. The van der Waals surface area contributed by atoms with Crippen LogP contribution >= 0.6 is 0 Å². The molecule has 5 N–H and O–H groups in total. The number of hydrogen-bond acceptors (Lipinski definition) is 4. The van der Waals surface area contributed by atoms with E-state index in [2.05, 4.69) is 6.92 Å². The Morgan fingerprint density at radius 2 is 1.07 bits per heavy atom. The number of hydrogen-bond donors (Lipinski definition) is 3. The molecule has 0 aromatic rings. The number of nitrogens with two attached hydrogens (primary N) is 2. The average molecular weight is 413 g/mol. The van der Waals surface area contributed by atoms with Gasteiger partial charge in [-0.3, -0.25) is 9.59 Å². The number of carbonyl (C=O) groups is 3. The molecule has 6 heteroatoms. The van der Waals surface area contributed by atoms with E-state index in [1.165, 1.54) is 70.6 Å². The molecule has 29 heavy (non-hydrogen) atoms. The van der Waals surface area contributed by atoms with E-state index < -0.39 is 23.2 Å². The van der Waals surface area contributed by atoms with E-state index >= 15 is 0 Å². The third-order valence-electron chi connectivity index (χ3n) is 5.65. The number of carboxylic acid groups (broad SMARTS) is 1. The highest BCUT2D eigenvalue weighted by molar-refractivity contribution is 6.07. The number of unbranched alkanes of at least 4 members (excludes halogenated alkanes) is 14. The van der Waals surface area contributed by atoms with Crippen molar-refractivity contribution < 1.29 is 19.5 Å². The van der Waals surface area contributed by atoms with Gasteiger partial charge in [-0.25, -0.2) is 4.79 Å². The molecule has 0 heterocycles. The van der Waals surface area contributed by atoms with E-state index in [-0.39, 0.29) is 19.3 Å². The first kappa shape index (κ1) is 27.6. The van der Waals surface area contributed by atoms with E-state index in [9.17, 15) is 19.5 Å². The number of rotatable bonds is 21. The van der Waals surface area contributed by atoms with Gasteiger partial charge in [-0.1, -0.05) is 96.8 Å². The van der Waals surface area contributed by atoms with Gasteiger partial charge in [-0.05, 0) is 12.8 Å². The third-order valence-corrected chi connectivity index (χ3v) is 5.65. The SMILES string of the molecule is CCCCCCCCCCCCCCCCCC(=O)C(N)(CCC(N)=O)C(=O)O. The number of ketones is 1. The van der Waals surface area contributed by atoms with E-state index in [1.54, 1.807) is 0 Å². The topological polar surface area (TPSA) is 123 Å². The van der Waals surface area contributed by atoms with Crippen LogP contribution in [0.4, 0.5) is 0 Å². The number of carboxylic acids is 1. The maximum absolute atomic E-state index is 12.2. The normalized spacial score (nSPS) is 13.2. The van der Waals surface area contributed by atoms with Crippen molar-refractivity contribution in [2.45, 2.75) is 128 Å². The van der Waals surface area contributed by atoms with Gasteiger partial charge in [-0.2, -0.15) is 0 Å². The van der Waals surface area contributed by atoms with Crippen LogP contribution in [0.25, 0.3) is 0 Å². The average Bonchev–Trinajstić information content (AvgIpc) is 2.68. The predicted octanol–water partition coefficient (Wildman–Crippen LogP) is 4.86. The molecule has 0 aliphatic carbocycles. The van der Waals surface area contributed by atoms with Crippen molar-refractivity contribution in [3.63, 3.8) is 0 Å². The third kappa shape index (κ3) is 14.2. The lowest BCUT2D eigenvalue weighted by molar-refractivity contribution is -0.148. The van der Waals surface area contributed by atoms with Crippen molar-refractivity contribution in [1.29, 1.82) is 0 Å². The highest BCUT2D eigenvalue weighted by atomic mass is 16.4. The summed E-state index contributed by atoms with van der Waals surface area (Å²) in [5.41, 5.74) is 8.78. The summed E-state index contributed by atoms with van der Waals surface area (Å²) in [4.78, 5) is 34.4. The molecule has 1 unspecified atom stereocenters. The molecule has 0 spiro atoms. The summed E-state index contributed by atoms with van der Waals surface area (Å²) in [6, 6.07) is 0. The lowest BCUT2D eigenvalue weighted by atomic mass is 9.87. The van der Waals surface area contributed by atoms with Crippen LogP contribution in [0.5, 0.6) is 0 Å². The fourth-order valence-corrected chi connectivity index (χ4v) is 3.57. The molecule has 0 aromatic heterocycles. The lowest BCUT2D eigenvalue weighted by Crippen LogP contribution is -2.55. The number of aliphatic carboxylic acids is 1. The van der Waals surface area contributed by atoms with Gasteiger partial charge in [0.2, 0.25) is 5.91 Å². The summed E-state index contributed by atoms with van der Waals surface area (Å²) in [6.07, 6.45) is 18.1. The highest BCUT2D eigenvalue weighted by Gasteiger charge is 2.41. The Morgan fingerprint density at radius 1 is 0.690 bits per heavy atom. The molecule has 1 amide bonds. The molecule has 0 aliphatic rings. The molecule has 0 fully saturated rings. The largest absolute Gasteiger partial charge is 0.480 e. The molecule has 6 nitrogen and oxygen atoms in total. The van der Waals surface area contributed by atoms with Gasteiger partial charge in [-0.15, -0.1) is 0 Å². The second-order valence-electron chi connectivity index (χ2n) is 8.37. The molecule has 0 saturated carbocycles. The number of amides is 1. The second kappa shape index (κ2) is 17.4. The minimum Gasteiger partial charge on any atom is -0.480 e. The molecule has 1 atom stereocenters. The van der Waals surface area contributed by atoms with Crippen LogP contribution in [-0.2, 0) is 14.4 Å². The molecule has 0 bridgehead atoms. The summed E-state index contributed by atoms with van der Waals surface area (Å²) in [7, 11) is 0. The van der Waals surface area contributed by atoms with Crippen molar-refractivity contribution in [1.82, 2.24) is 0 Å². The first-order chi connectivity index (χ1) is 13.8. The molecule has 170 valence electrons. The smallest absolute Gasteiger partial charge is 0.331 e. The Hall–Kier alpha value is -1.43. The van der Waals surface area contributed by atoms with E-state index in [1.807, 2.05) is 0 Å². The summed E-state index contributed by atoms with van der Waals surface area (Å²) in [6.45, 7) is 2.25. The lowest BCUT2D eigenvalue weighted by Gasteiger charge is -2.22. The number of carbonyl (C=O) groups excluding carboxylic acids is 2. The van der Waals surface area contributed by atoms with Crippen LogP contribution in [0, 0.1) is 0 Å². The van der Waals surface area contributed by atoms with Gasteiger partial charge in [0.25, 0.3) is 0 Å². The zero-order chi connectivity index (χ0) is 22.0. The Balaban J connectivity index is 3.62. The second-order valence-corrected chi connectivity index (χ2v) is 8.37. The molecule has 0 rings (SSSR count). The predicted molar refractivity (Wildman–Crippen MR) is 118 cm³/mol. The van der Waals surface area contributed by atoms with Crippen LogP contribution in [0.2, 0.25) is 0 Å². The fraction of sp³-hybridized carbons (Fsp3) is 0.870. The molecule has 0 saturated heterocycles. The molecule has 0 aromatic carbocycles. The minimum atomic E-state index is -2.00.